The molecule has 1 amide bonds. The molecule has 0 aliphatic carbocycles. The first kappa shape index (κ1) is 30.4. The number of aliphatic hydroxyl groups excluding tert-OH is 1. The summed E-state index contributed by atoms with van der Waals surface area (Å²) >= 11 is 0. The second-order valence-corrected chi connectivity index (χ2v) is 9.87. The van der Waals surface area contributed by atoms with Crippen LogP contribution in [0.2, 0.25) is 0 Å². The summed E-state index contributed by atoms with van der Waals surface area (Å²) in [5.41, 5.74) is 6.90. The van der Waals surface area contributed by atoms with Crippen LogP contribution in [0.25, 0.3) is 0 Å². The van der Waals surface area contributed by atoms with Gasteiger partial charge in [0.05, 0.1) is 18.3 Å². The molecule has 196 valence electrons. The monoisotopic (exact) mass is 479 g/mol. The van der Waals surface area contributed by atoms with Crippen LogP contribution in [0.5, 0.6) is 5.75 Å². The van der Waals surface area contributed by atoms with Gasteiger partial charge in [0.25, 0.3) is 5.91 Å². The van der Waals surface area contributed by atoms with Crippen molar-refractivity contribution in [3.63, 3.8) is 0 Å². The van der Waals surface area contributed by atoms with Crippen molar-refractivity contribution >= 4 is 5.91 Å². The third kappa shape index (κ3) is 10.7. The van der Waals surface area contributed by atoms with Crippen LogP contribution < -0.4 is 21.1 Å². The predicted molar refractivity (Wildman–Crippen MR) is 139 cm³/mol. The summed E-state index contributed by atoms with van der Waals surface area (Å²) in [6.45, 7) is 12.9. The number of nitrogens with two attached hydrogens (primary N) is 1. The van der Waals surface area contributed by atoms with Crippen LogP contribution in [0.3, 0.4) is 0 Å². The molecule has 0 saturated heterocycles. The van der Waals surface area contributed by atoms with E-state index < -0.39 is 6.10 Å². The SMILES string of the molecule is CCC(C)(CC)NCC(O)C(N)CC(CNC(=O)c1ccccc1OCCCCOC)C(C)C. The number of hydrogen-bond acceptors (Lipinski definition) is 6. The highest BCUT2D eigenvalue weighted by Gasteiger charge is 2.26. The molecule has 34 heavy (non-hydrogen) atoms. The van der Waals surface area contributed by atoms with E-state index in [4.69, 9.17) is 15.2 Å². The zero-order valence-electron chi connectivity index (χ0n) is 22.2. The van der Waals surface area contributed by atoms with Gasteiger partial charge in [0.15, 0.2) is 0 Å². The Morgan fingerprint density at radius 1 is 1.12 bits per heavy atom. The molecule has 0 radical (unpaired) electrons. The highest BCUT2D eigenvalue weighted by atomic mass is 16.5. The number of aliphatic hydroxyl groups is 1. The zero-order valence-corrected chi connectivity index (χ0v) is 22.2. The van der Waals surface area contributed by atoms with Crippen LogP contribution in [-0.4, -0.2) is 62.1 Å². The Kier molecular flexibility index (Phi) is 14.4. The molecular formula is C27H49N3O4. The molecule has 0 aliphatic heterocycles. The number of benzene rings is 1. The van der Waals surface area contributed by atoms with Crippen molar-refractivity contribution in [1.29, 1.82) is 0 Å². The first-order valence-corrected chi connectivity index (χ1v) is 12.8. The Morgan fingerprint density at radius 2 is 1.76 bits per heavy atom. The molecule has 0 aromatic heterocycles. The lowest BCUT2D eigenvalue weighted by Crippen LogP contribution is -2.50. The number of para-hydroxylation sites is 1. The lowest BCUT2D eigenvalue weighted by atomic mass is 9.87. The van der Waals surface area contributed by atoms with Gasteiger partial charge in [-0.25, -0.2) is 0 Å². The average molecular weight is 480 g/mol. The van der Waals surface area contributed by atoms with Crippen molar-refractivity contribution in [2.75, 3.05) is 33.4 Å². The van der Waals surface area contributed by atoms with Crippen LogP contribution in [0.15, 0.2) is 24.3 Å². The minimum absolute atomic E-state index is 0.00532. The van der Waals surface area contributed by atoms with Crippen molar-refractivity contribution < 1.29 is 19.4 Å². The van der Waals surface area contributed by atoms with Gasteiger partial charge in [-0.3, -0.25) is 4.79 Å². The van der Waals surface area contributed by atoms with Gasteiger partial charge < -0.3 is 30.9 Å². The van der Waals surface area contributed by atoms with Crippen LogP contribution in [-0.2, 0) is 4.74 Å². The highest BCUT2D eigenvalue weighted by molar-refractivity contribution is 5.96. The van der Waals surface area contributed by atoms with Gasteiger partial charge in [-0.05, 0) is 63.0 Å². The third-order valence-corrected chi connectivity index (χ3v) is 6.97. The topological polar surface area (TPSA) is 106 Å². The second kappa shape index (κ2) is 16.1. The van der Waals surface area contributed by atoms with Gasteiger partial charge in [-0.15, -0.1) is 0 Å². The lowest BCUT2D eigenvalue weighted by Gasteiger charge is -2.32. The minimum atomic E-state index is -0.637. The van der Waals surface area contributed by atoms with Gasteiger partial charge >= 0.3 is 0 Å². The van der Waals surface area contributed by atoms with Gasteiger partial charge in [-0.2, -0.15) is 0 Å². The lowest BCUT2D eigenvalue weighted by molar-refractivity contribution is 0.0922. The fourth-order valence-corrected chi connectivity index (χ4v) is 3.73. The maximum Gasteiger partial charge on any atom is 0.255 e. The van der Waals surface area contributed by atoms with Crippen LogP contribution >= 0.6 is 0 Å². The Balaban J connectivity index is 2.63. The van der Waals surface area contributed by atoms with E-state index in [9.17, 15) is 9.90 Å². The maximum atomic E-state index is 12.9. The van der Waals surface area contributed by atoms with E-state index in [1.807, 2.05) is 18.2 Å². The van der Waals surface area contributed by atoms with Crippen molar-refractivity contribution in [1.82, 2.24) is 10.6 Å². The molecular weight excluding hydrogens is 430 g/mol. The first-order chi connectivity index (χ1) is 16.2. The van der Waals surface area contributed by atoms with E-state index in [0.717, 1.165) is 25.7 Å². The van der Waals surface area contributed by atoms with Crippen molar-refractivity contribution in [2.45, 2.75) is 84.4 Å². The number of rotatable bonds is 18. The number of unbranched alkanes of at least 4 members (excludes halogenated alkanes) is 1. The molecule has 7 nitrogen and oxygen atoms in total. The van der Waals surface area contributed by atoms with E-state index >= 15 is 0 Å². The maximum absolute atomic E-state index is 12.9. The summed E-state index contributed by atoms with van der Waals surface area (Å²) in [7, 11) is 1.68. The smallest absolute Gasteiger partial charge is 0.255 e. The summed E-state index contributed by atoms with van der Waals surface area (Å²) in [5, 5.41) is 17.2. The molecule has 0 fully saturated rings. The summed E-state index contributed by atoms with van der Waals surface area (Å²) in [6.07, 6.45) is 3.76. The molecule has 3 atom stereocenters. The molecule has 0 bridgehead atoms. The summed E-state index contributed by atoms with van der Waals surface area (Å²) in [4.78, 5) is 12.9. The Labute approximate surface area is 207 Å². The summed E-state index contributed by atoms with van der Waals surface area (Å²) in [6, 6.07) is 6.95. The van der Waals surface area contributed by atoms with E-state index in [1.165, 1.54) is 0 Å². The number of nitrogens with one attached hydrogen (secondary N) is 2. The molecule has 5 N–H and O–H groups in total. The number of ether oxygens (including phenoxy) is 2. The van der Waals surface area contributed by atoms with Gasteiger partial charge in [-0.1, -0.05) is 39.8 Å². The van der Waals surface area contributed by atoms with Crippen molar-refractivity contribution in [2.24, 2.45) is 17.6 Å². The number of hydrogen-bond donors (Lipinski definition) is 4. The van der Waals surface area contributed by atoms with E-state index in [0.29, 0.717) is 50.0 Å². The van der Waals surface area contributed by atoms with E-state index in [1.54, 1.807) is 13.2 Å². The number of carbonyl (C=O) groups excluding carboxylic acids is 1. The van der Waals surface area contributed by atoms with Gasteiger partial charge in [0, 0.05) is 38.4 Å². The van der Waals surface area contributed by atoms with E-state index in [-0.39, 0.29) is 23.4 Å². The standard InChI is InChI=1S/C27H49N3O4/c1-7-27(5,8-2)30-19-24(31)23(28)17-21(20(3)4)18-29-26(32)22-13-9-10-14-25(22)34-16-12-11-15-33-6/h9-10,13-14,20-21,23-24,30-31H,7-8,11-12,15-19,28H2,1-6H3,(H,29,32). The van der Waals surface area contributed by atoms with Crippen molar-refractivity contribution in [3.8, 4) is 5.75 Å². The zero-order chi connectivity index (χ0) is 25.6. The van der Waals surface area contributed by atoms with Crippen LogP contribution in [0.1, 0.15) is 77.1 Å². The molecule has 0 spiro atoms. The molecule has 7 heteroatoms. The Morgan fingerprint density at radius 3 is 2.38 bits per heavy atom. The van der Waals surface area contributed by atoms with Gasteiger partial charge in [0.2, 0.25) is 0 Å². The number of methoxy groups -OCH3 is 1. The molecule has 1 rings (SSSR count). The average Bonchev–Trinajstić information content (AvgIpc) is 2.84. The molecule has 0 heterocycles. The quantitative estimate of drug-likeness (QED) is 0.239. The van der Waals surface area contributed by atoms with Crippen LogP contribution in [0.4, 0.5) is 0 Å². The van der Waals surface area contributed by atoms with Gasteiger partial charge in [0.1, 0.15) is 5.75 Å². The van der Waals surface area contributed by atoms with E-state index in [2.05, 4.69) is 45.3 Å². The number of carbonyl (C=O) groups is 1. The molecule has 0 saturated carbocycles. The fourth-order valence-electron chi connectivity index (χ4n) is 3.73. The molecule has 0 aliphatic rings. The fraction of sp³-hybridized carbons (Fsp3) is 0.741. The highest BCUT2D eigenvalue weighted by Crippen LogP contribution is 2.21. The van der Waals surface area contributed by atoms with Crippen LogP contribution in [0, 0.1) is 11.8 Å². The van der Waals surface area contributed by atoms with Crippen molar-refractivity contribution in [3.05, 3.63) is 29.8 Å². The minimum Gasteiger partial charge on any atom is -0.493 e. The molecule has 3 unspecified atom stereocenters. The third-order valence-electron chi connectivity index (χ3n) is 6.97. The first-order valence-electron chi connectivity index (χ1n) is 12.8. The summed E-state index contributed by atoms with van der Waals surface area (Å²) < 4.78 is 10.9. The molecule has 1 aromatic carbocycles. The predicted octanol–water partition coefficient (Wildman–Crippen LogP) is 3.74. The normalized spacial score (nSPS) is 14.6. The summed E-state index contributed by atoms with van der Waals surface area (Å²) in [5.74, 6) is 0.900. The molecule has 1 aromatic rings. The number of β-amino-alcohol motifs (C(OH)–C–C–N with tert-alkyl or cyclic N) is 1. The Hall–Kier alpha value is -1.67. The number of amides is 1. The Bertz CT molecular complexity index is 694. The largest absolute Gasteiger partial charge is 0.493 e. The second-order valence-electron chi connectivity index (χ2n) is 9.87.